The average molecular weight is 365 g/mol. The number of hydrogen-bond donors (Lipinski definition) is 2. The van der Waals surface area contributed by atoms with E-state index in [1.807, 2.05) is 19.1 Å². The van der Waals surface area contributed by atoms with Crippen molar-refractivity contribution >= 4 is 34.3 Å². The smallest absolute Gasteiger partial charge is 0.335 e. The number of aryl methyl sites for hydroxylation is 1. The fourth-order valence-electron chi connectivity index (χ4n) is 3.01. The number of carboxylic acid groups (broad SMARTS) is 1. The van der Waals surface area contributed by atoms with Crippen LogP contribution in [-0.4, -0.2) is 52.3 Å². The van der Waals surface area contributed by atoms with E-state index >= 15 is 0 Å². The normalized spacial score (nSPS) is 14.3. The van der Waals surface area contributed by atoms with Crippen molar-refractivity contribution in [1.29, 1.82) is 0 Å². The minimum atomic E-state index is -0.974. The van der Waals surface area contributed by atoms with Crippen LogP contribution in [0.4, 0.5) is 17.3 Å². The molecule has 0 amide bonds. The molecule has 8 heteroatoms. The Bertz CT molecular complexity index is 1000. The number of nitrogens with one attached hydrogen (secondary N) is 1. The number of ether oxygens (including phenoxy) is 1. The third-order valence-corrected chi connectivity index (χ3v) is 4.54. The molecule has 1 aromatic carbocycles. The Kier molecular flexibility index (Phi) is 4.55. The number of aromatic nitrogens is 3. The molecule has 0 radical (unpaired) electrons. The van der Waals surface area contributed by atoms with Gasteiger partial charge < -0.3 is 20.1 Å². The number of carbonyl (C=O) groups is 1. The second-order valence-corrected chi connectivity index (χ2v) is 6.32. The summed E-state index contributed by atoms with van der Waals surface area (Å²) in [6.07, 6.45) is 1.47. The molecule has 1 aliphatic rings. The number of carboxylic acids is 1. The van der Waals surface area contributed by atoms with Gasteiger partial charge in [-0.3, -0.25) is 0 Å². The minimum absolute atomic E-state index is 0.212. The summed E-state index contributed by atoms with van der Waals surface area (Å²) < 4.78 is 5.40. The van der Waals surface area contributed by atoms with Gasteiger partial charge in [0, 0.05) is 18.8 Å². The topological polar surface area (TPSA) is 100 Å². The van der Waals surface area contributed by atoms with Gasteiger partial charge in [-0.1, -0.05) is 6.07 Å². The molecule has 2 N–H and O–H groups in total. The van der Waals surface area contributed by atoms with Crippen LogP contribution in [-0.2, 0) is 4.74 Å². The van der Waals surface area contributed by atoms with Crippen LogP contribution in [0.25, 0.3) is 11.0 Å². The first-order chi connectivity index (χ1) is 13.1. The van der Waals surface area contributed by atoms with Gasteiger partial charge >= 0.3 is 5.97 Å². The van der Waals surface area contributed by atoms with E-state index < -0.39 is 5.97 Å². The van der Waals surface area contributed by atoms with Gasteiger partial charge in [0.15, 0.2) is 5.82 Å². The third kappa shape index (κ3) is 3.52. The zero-order chi connectivity index (χ0) is 18.8. The molecule has 3 heterocycles. The highest BCUT2D eigenvalue weighted by molar-refractivity contribution is 5.91. The number of hydrogen-bond acceptors (Lipinski definition) is 7. The number of morpholine rings is 1. The lowest BCUT2D eigenvalue weighted by molar-refractivity contribution is 0.0697. The van der Waals surface area contributed by atoms with Gasteiger partial charge in [-0.2, -0.15) is 0 Å². The Labute approximate surface area is 155 Å². The highest BCUT2D eigenvalue weighted by atomic mass is 16.5. The van der Waals surface area contributed by atoms with Crippen LogP contribution in [0.15, 0.2) is 36.7 Å². The lowest BCUT2D eigenvalue weighted by Gasteiger charge is -2.28. The lowest BCUT2D eigenvalue weighted by atomic mass is 10.1. The van der Waals surface area contributed by atoms with E-state index in [9.17, 15) is 9.90 Å². The Morgan fingerprint density at radius 3 is 2.78 bits per heavy atom. The SMILES string of the molecule is Cc1ccc(C(=O)O)cc1Nc1ncnc2ccc(N3CCOCC3)nc12. The van der Waals surface area contributed by atoms with E-state index in [2.05, 4.69) is 20.2 Å². The van der Waals surface area contributed by atoms with Crippen LogP contribution in [0, 0.1) is 6.92 Å². The molecule has 0 bridgehead atoms. The Morgan fingerprint density at radius 1 is 1.19 bits per heavy atom. The first-order valence-electron chi connectivity index (χ1n) is 8.67. The van der Waals surface area contributed by atoms with Crippen molar-refractivity contribution in [2.24, 2.45) is 0 Å². The summed E-state index contributed by atoms with van der Waals surface area (Å²) in [6, 6.07) is 8.80. The molecule has 27 heavy (non-hydrogen) atoms. The van der Waals surface area contributed by atoms with Crippen molar-refractivity contribution in [3.63, 3.8) is 0 Å². The maximum absolute atomic E-state index is 11.3. The second-order valence-electron chi connectivity index (χ2n) is 6.32. The maximum atomic E-state index is 11.3. The highest BCUT2D eigenvalue weighted by Gasteiger charge is 2.15. The fraction of sp³-hybridized carbons (Fsp3) is 0.263. The van der Waals surface area contributed by atoms with E-state index in [1.54, 1.807) is 18.2 Å². The van der Waals surface area contributed by atoms with Crippen LogP contribution in [0.1, 0.15) is 15.9 Å². The van der Waals surface area contributed by atoms with E-state index in [0.29, 0.717) is 30.2 Å². The zero-order valence-electron chi connectivity index (χ0n) is 14.8. The van der Waals surface area contributed by atoms with Crippen LogP contribution in [0.3, 0.4) is 0 Å². The summed E-state index contributed by atoms with van der Waals surface area (Å²) in [6.45, 7) is 4.84. The van der Waals surface area contributed by atoms with Crippen molar-refractivity contribution in [2.75, 3.05) is 36.5 Å². The van der Waals surface area contributed by atoms with Gasteiger partial charge in [0.1, 0.15) is 17.7 Å². The van der Waals surface area contributed by atoms with Gasteiger partial charge in [-0.05, 0) is 36.8 Å². The molecule has 1 aliphatic heterocycles. The number of anilines is 3. The molecule has 1 fully saturated rings. The Hall–Kier alpha value is -3.26. The molecular formula is C19H19N5O3. The number of pyridine rings is 1. The van der Waals surface area contributed by atoms with Gasteiger partial charge in [0.05, 0.1) is 24.3 Å². The maximum Gasteiger partial charge on any atom is 0.335 e. The monoisotopic (exact) mass is 365 g/mol. The van der Waals surface area contributed by atoms with Crippen LogP contribution < -0.4 is 10.2 Å². The van der Waals surface area contributed by atoms with Gasteiger partial charge in [0.2, 0.25) is 0 Å². The van der Waals surface area contributed by atoms with E-state index in [-0.39, 0.29) is 5.56 Å². The number of fused-ring (bicyclic) bond motifs is 1. The molecule has 0 spiro atoms. The quantitative estimate of drug-likeness (QED) is 0.728. The second kappa shape index (κ2) is 7.16. The van der Waals surface area contributed by atoms with Gasteiger partial charge in [0.25, 0.3) is 0 Å². The van der Waals surface area contributed by atoms with Gasteiger partial charge in [-0.25, -0.2) is 19.7 Å². The largest absolute Gasteiger partial charge is 0.478 e. The molecule has 0 aliphatic carbocycles. The van der Waals surface area contributed by atoms with E-state index in [0.717, 1.165) is 30.0 Å². The fourth-order valence-corrected chi connectivity index (χ4v) is 3.01. The molecule has 138 valence electrons. The van der Waals surface area contributed by atoms with E-state index in [4.69, 9.17) is 9.72 Å². The summed E-state index contributed by atoms with van der Waals surface area (Å²) >= 11 is 0. The summed E-state index contributed by atoms with van der Waals surface area (Å²) in [5.41, 5.74) is 3.16. The zero-order valence-corrected chi connectivity index (χ0v) is 14.8. The van der Waals surface area contributed by atoms with Crippen LogP contribution in [0.2, 0.25) is 0 Å². The Balaban J connectivity index is 1.73. The minimum Gasteiger partial charge on any atom is -0.478 e. The molecule has 2 aromatic heterocycles. The standard InChI is InChI=1S/C19H19N5O3/c1-12-2-3-13(19(25)26)10-15(12)22-18-17-14(20-11-21-18)4-5-16(23-17)24-6-8-27-9-7-24/h2-5,10-11H,6-9H2,1H3,(H,25,26)(H,20,21,22). The lowest BCUT2D eigenvalue weighted by Crippen LogP contribution is -2.36. The molecular weight excluding hydrogens is 346 g/mol. The summed E-state index contributed by atoms with van der Waals surface area (Å²) in [4.78, 5) is 26.8. The third-order valence-electron chi connectivity index (χ3n) is 4.54. The molecule has 4 rings (SSSR count). The summed E-state index contributed by atoms with van der Waals surface area (Å²) in [7, 11) is 0. The van der Waals surface area contributed by atoms with Crippen molar-refractivity contribution in [3.05, 3.63) is 47.8 Å². The Morgan fingerprint density at radius 2 is 2.00 bits per heavy atom. The molecule has 0 atom stereocenters. The first-order valence-corrected chi connectivity index (χ1v) is 8.67. The molecule has 0 unspecified atom stereocenters. The predicted molar refractivity (Wildman–Crippen MR) is 102 cm³/mol. The van der Waals surface area contributed by atoms with E-state index in [1.165, 1.54) is 6.33 Å². The van der Waals surface area contributed by atoms with Crippen molar-refractivity contribution in [1.82, 2.24) is 15.0 Å². The molecule has 0 saturated carbocycles. The van der Waals surface area contributed by atoms with Crippen molar-refractivity contribution in [3.8, 4) is 0 Å². The van der Waals surface area contributed by atoms with Gasteiger partial charge in [-0.15, -0.1) is 0 Å². The van der Waals surface area contributed by atoms with Crippen molar-refractivity contribution < 1.29 is 14.6 Å². The van der Waals surface area contributed by atoms with Crippen molar-refractivity contribution in [2.45, 2.75) is 6.92 Å². The molecule has 8 nitrogen and oxygen atoms in total. The first kappa shape index (κ1) is 17.2. The summed E-state index contributed by atoms with van der Waals surface area (Å²) in [5.74, 6) is 0.415. The van der Waals surface area contributed by atoms with Crippen LogP contribution >= 0.6 is 0 Å². The number of nitrogens with zero attached hydrogens (tertiary/aromatic N) is 4. The summed E-state index contributed by atoms with van der Waals surface area (Å²) in [5, 5.41) is 12.5. The number of benzene rings is 1. The molecule has 3 aromatic rings. The number of aromatic carboxylic acids is 1. The van der Waals surface area contributed by atoms with Crippen LogP contribution in [0.5, 0.6) is 0 Å². The highest BCUT2D eigenvalue weighted by Crippen LogP contribution is 2.26. The molecule has 1 saturated heterocycles. The number of rotatable bonds is 4. The average Bonchev–Trinajstić information content (AvgIpc) is 2.70. The predicted octanol–water partition coefficient (Wildman–Crippen LogP) is 2.61.